The maximum Gasteiger partial charge on any atom is 0.533 e. The first-order chi connectivity index (χ1) is 6.89. The maximum absolute atomic E-state index is 11.3. The van der Waals surface area contributed by atoms with Gasteiger partial charge < -0.3 is 9.57 Å². The van der Waals surface area contributed by atoms with Crippen LogP contribution in [-0.4, -0.2) is 24.7 Å². The van der Waals surface area contributed by atoms with E-state index >= 15 is 0 Å². The lowest BCUT2D eigenvalue weighted by atomic mass is 10.7. The molecular formula is C10H17NO3Si. The van der Waals surface area contributed by atoms with Gasteiger partial charge in [-0.15, -0.1) is 0 Å². The topological polar surface area (TPSA) is 40.5 Å². The van der Waals surface area contributed by atoms with Gasteiger partial charge in [0.15, 0.2) is 0 Å². The Labute approximate surface area is 90.8 Å². The summed E-state index contributed by atoms with van der Waals surface area (Å²) in [4.78, 5) is 16.2. The zero-order valence-corrected chi connectivity index (χ0v) is 10.6. The van der Waals surface area contributed by atoms with E-state index in [9.17, 15) is 4.79 Å². The fourth-order valence-corrected chi connectivity index (χ4v) is 1.26. The highest BCUT2D eigenvalue weighted by molar-refractivity contribution is 6.77. The van der Waals surface area contributed by atoms with Crippen LogP contribution in [-0.2, 0) is 4.74 Å². The molecule has 1 aromatic rings. The third-order valence-electron chi connectivity index (χ3n) is 2.25. The van der Waals surface area contributed by atoms with Gasteiger partial charge in [0.2, 0.25) is 0 Å². The minimum atomic E-state index is -1.46. The van der Waals surface area contributed by atoms with Crippen LogP contribution in [0, 0.1) is 0 Å². The number of carbonyl (C=O) groups is 1. The number of hydrogen-bond donors (Lipinski definition) is 0. The van der Waals surface area contributed by atoms with E-state index < -0.39 is 14.2 Å². The summed E-state index contributed by atoms with van der Waals surface area (Å²) in [7, 11) is -1.46. The van der Waals surface area contributed by atoms with E-state index in [0.717, 1.165) is 0 Å². The Bertz CT molecular complexity index is 316. The molecule has 0 amide bonds. The van der Waals surface area contributed by atoms with Gasteiger partial charge in [0.25, 0.3) is 0 Å². The molecule has 1 atom stereocenters. The number of nitrogens with zero attached hydrogens (tertiary/aromatic N) is 1. The van der Waals surface area contributed by atoms with Crippen LogP contribution in [0.4, 0.5) is 4.79 Å². The monoisotopic (exact) mass is 227 g/mol. The van der Waals surface area contributed by atoms with Crippen molar-refractivity contribution in [2.75, 3.05) is 0 Å². The average Bonchev–Trinajstić information content (AvgIpc) is 2.54. The number of carbonyl (C=O) groups excluding carboxylic acids is 1. The molecule has 0 aliphatic carbocycles. The molecule has 0 saturated heterocycles. The van der Waals surface area contributed by atoms with Crippen molar-refractivity contribution in [3.8, 4) is 0 Å². The molecule has 0 bridgehead atoms. The van der Waals surface area contributed by atoms with E-state index in [2.05, 4.69) is 19.6 Å². The fraction of sp³-hybridized carbons (Fsp3) is 0.500. The van der Waals surface area contributed by atoms with Gasteiger partial charge in [0.05, 0.1) is 13.8 Å². The number of aromatic nitrogens is 1. The van der Waals surface area contributed by atoms with Gasteiger partial charge >= 0.3 is 6.16 Å². The van der Waals surface area contributed by atoms with Gasteiger partial charge in [0.1, 0.15) is 0 Å². The van der Waals surface area contributed by atoms with Crippen LogP contribution in [0.15, 0.2) is 24.5 Å². The molecule has 0 fully saturated rings. The first-order valence-corrected chi connectivity index (χ1v) is 8.49. The molecule has 5 heteroatoms. The summed E-state index contributed by atoms with van der Waals surface area (Å²) in [5.41, 5.74) is -0.0550. The van der Waals surface area contributed by atoms with Crippen LogP contribution >= 0.6 is 0 Å². The van der Waals surface area contributed by atoms with Crippen LogP contribution in [0.25, 0.3) is 0 Å². The quantitative estimate of drug-likeness (QED) is 0.587. The second-order valence-electron chi connectivity index (χ2n) is 4.51. The number of hydrogen-bond acceptors (Lipinski definition) is 3. The van der Waals surface area contributed by atoms with Crippen LogP contribution in [0.3, 0.4) is 0 Å². The van der Waals surface area contributed by atoms with E-state index in [1.165, 1.54) is 4.73 Å². The maximum atomic E-state index is 11.3. The van der Waals surface area contributed by atoms with Gasteiger partial charge in [-0.25, -0.2) is 4.79 Å². The Balaban J connectivity index is 2.43. The second kappa shape index (κ2) is 4.52. The zero-order valence-electron chi connectivity index (χ0n) is 9.56. The number of ether oxygens (including phenoxy) is 1. The summed E-state index contributed by atoms with van der Waals surface area (Å²) < 4.78 is 6.49. The molecule has 0 aliphatic rings. The van der Waals surface area contributed by atoms with Crippen molar-refractivity contribution in [2.24, 2.45) is 0 Å². The number of rotatable bonds is 3. The summed E-state index contributed by atoms with van der Waals surface area (Å²) in [6, 6.07) is 3.55. The first-order valence-electron chi connectivity index (χ1n) is 4.91. The lowest BCUT2D eigenvalue weighted by Gasteiger charge is -2.24. The summed E-state index contributed by atoms with van der Waals surface area (Å²) in [6.45, 7) is 8.32. The van der Waals surface area contributed by atoms with Crippen molar-refractivity contribution in [3.63, 3.8) is 0 Å². The standard InChI is InChI=1S/C10H17NO3Si/c1-9(15(2,3)4)13-10(12)14-11-7-5-6-8-11/h5-9H,1-4H3. The molecule has 84 valence electrons. The Morgan fingerprint density at radius 2 is 1.80 bits per heavy atom. The van der Waals surface area contributed by atoms with Gasteiger partial charge in [0, 0.05) is 12.4 Å². The fourth-order valence-electron chi connectivity index (χ4n) is 0.808. The highest BCUT2D eigenvalue weighted by atomic mass is 28.3. The van der Waals surface area contributed by atoms with Gasteiger partial charge in [-0.3, -0.25) is 0 Å². The van der Waals surface area contributed by atoms with Gasteiger partial charge in [-0.05, 0) is 19.1 Å². The summed E-state index contributed by atoms with van der Waals surface area (Å²) in [6.07, 6.45) is 2.63. The van der Waals surface area contributed by atoms with E-state index in [0.29, 0.717) is 0 Å². The lowest BCUT2D eigenvalue weighted by Crippen LogP contribution is -2.40. The molecule has 1 heterocycles. The smallest absolute Gasteiger partial charge is 0.434 e. The van der Waals surface area contributed by atoms with E-state index in [1.54, 1.807) is 24.5 Å². The molecule has 1 unspecified atom stereocenters. The molecule has 0 saturated carbocycles. The Morgan fingerprint density at radius 1 is 1.27 bits per heavy atom. The summed E-state index contributed by atoms with van der Waals surface area (Å²) in [5.74, 6) is 0. The van der Waals surface area contributed by atoms with Gasteiger partial charge in [-0.2, -0.15) is 4.73 Å². The van der Waals surface area contributed by atoms with Crippen LogP contribution in [0.5, 0.6) is 0 Å². The molecule has 0 N–H and O–H groups in total. The lowest BCUT2D eigenvalue weighted by molar-refractivity contribution is 0.0405. The van der Waals surface area contributed by atoms with Crippen molar-refractivity contribution >= 4 is 14.2 Å². The van der Waals surface area contributed by atoms with E-state index in [4.69, 9.17) is 9.57 Å². The molecule has 0 aliphatic heterocycles. The Morgan fingerprint density at radius 3 is 2.27 bits per heavy atom. The second-order valence-corrected chi connectivity index (χ2v) is 10.1. The van der Waals surface area contributed by atoms with Gasteiger partial charge in [-0.1, -0.05) is 19.6 Å². The van der Waals surface area contributed by atoms with Crippen molar-refractivity contribution in [1.29, 1.82) is 0 Å². The molecule has 0 radical (unpaired) electrons. The van der Waals surface area contributed by atoms with Crippen LogP contribution < -0.4 is 4.84 Å². The molecule has 15 heavy (non-hydrogen) atoms. The Kier molecular flexibility index (Phi) is 3.57. The van der Waals surface area contributed by atoms with Crippen molar-refractivity contribution < 1.29 is 14.4 Å². The summed E-state index contributed by atoms with van der Waals surface area (Å²) >= 11 is 0. The van der Waals surface area contributed by atoms with E-state index in [1.807, 2.05) is 6.92 Å². The van der Waals surface area contributed by atoms with Crippen LogP contribution in [0.2, 0.25) is 19.6 Å². The first kappa shape index (κ1) is 11.8. The SMILES string of the molecule is CC(OC(=O)On1cccc1)[Si](C)(C)C. The minimum absolute atomic E-state index is 0.0550. The highest BCUT2D eigenvalue weighted by Crippen LogP contribution is 2.10. The largest absolute Gasteiger partial charge is 0.533 e. The normalized spacial score (nSPS) is 13.3. The predicted molar refractivity (Wildman–Crippen MR) is 60.3 cm³/mol. The minimum Gasteiger partial charge on any atom is -0.434 e. The average molecular weight is 227 g/mol. The Hall–Kier alpha value is -1.23. The molecule has 1 aromatic heterocycles. The summed E-state index contributed by atoms with van der Waals surface area (Å²) in [5, 5.41) is 0. The molecule has 1 rings (SSSR count). The van der Waals surface area contributed by atoms with E-state index in [-0.39, 0.29) is 5.73 Å². The molecule has 0 spiro atoms. The third kappa shape index (κ3) is 3.79. The zero-order chi connectivity index (χ0) is 11.5. The third-order valence-corrected chi connectivity index (χ3v) is 4.81. The molecule has 0 aromatic carbocycles. The highest BCUT2D eigenvalue weighted by Gasteiger charge is 2.26. The predicted octanol–water partition coefficient (Wildman–Crippen LogP) is 2.32. The van der Waals surface area contributed by atoms with Crippen molar-refractivity contribution in [3.05, 3.63) is 24.5 Å². The molecule has 4 nitrogen and oxygen atoms in total. The van der Waals surface area contributed by atoms with Crippen LogP contribution in [0.1, 0.15) is 6.92 Å². The van der Waals surface area contributed by atoms with Crippen molar-refractivity contribution in [2.45, 2.75) is 32.3 Å². The van der Waals surface area contributed by atoms with Crippen molar-refractivity contribution in [1.82, 2.24) is 4.73 Å². The molecular weight excluding hydrogens is 210 g/mol.